The van der Waals surface area contributed by atoms with E-state index in [2.05, 4.69) is 12.1 Å². The summed E-state index contributed by atoms with van der Waals surface area (Å²) >= 11 is 0. The Balaban J connectivity index is 2.27. The fourth-order valence-corrected chi connectivity index (χ4v) is 3.07. The summed E-state index contributed by atoms with van der Waals surface area (Å²) in [5.74, 6) is 0. The maximum Gasteiger partial charge on any atom is 0.0840 e. The Morgan fingerprint density at radius 3 is 2.11 bits per heavy atom. The van der Waals surface area contributed by atoms with Crippen LogP contribution < -0.4 is 5.73 Å². The lowest BCUT2D eigenvalue weighted by Crippen LogP contribution is -2.37. The van der Waals surface area contributed by atoms with Crippen LogP contribution in [0.2, 0.25) is 0 Å². The van der Waals surface area contributed by atoms with Crippen LogP contribution in [-0.4, -0.2) is 11.7 Å². The highest BCUT2D eigenvalue weighted by Crippen LogP contribution is 2.39. The van der Waals surface area contributed by atoms with Crippen molar-refractivity contribution in [2.45, 2.75) is 57.0 Å². The van der Waals surface area contributed by atoms with Gasteiger partial charge in [-0.15, -0.1) is 0 Å². The first-order chi connectivity index (χ1) is 8.48. The molecule has 18 heavy (non-hydrogen) atoms. The van der Waals surface area contributed by atoms with Gasteiger partial charge >= 0.3 is 0 Å². The molecule has 0 bridgehead atoms. The quantitative estimate of drug-likeness (QED) is 0.862. The van der Waals surface area contributed by atoms with Crippen molar-refractivity contribution < 1.29 is 5.11 Å². The summed E-state index contributed by atoms with van der Waals surface area (Å²) in [6.45, 7) is 4.37. The number of nitrogens with two attached hydrogens (primary N) is 1. The van der Waals surface area contributed by atoms with Crippen LogP contribution in [0, 0.1) is 0 Å². The number of hydrogen-bond acceptors (Lipinski definition) is 2. The predicted octanol–water partition coefficient (Wildman–Crippen LogP) is 3.07. The van der Waals surface area contributed by atoms with Crippen molar-refractivity contribution in [1.29, 1.82) is 0 Å². The van der Waals surface area contributed by atoms with Gasteiger partial charge in [-0.05, 0) is 37.8 Å². The molecule has 1 saturated carbocycles. The summed E-state index contributed by atoms with van der Waals surface area (Å²) in [5.41, 5.74) is 7.77. The van der Waals surface area contributed by atoms with Crippen molar-refractivity contribution in [2.24, 2.45) is 5.73 Å². The second-order valence-corrected chi connectivity index (χ2v) is 6.18. The van der Waals surface area contributed by atoms with E-state index >= 15 is 0 Å². The summed E-state index contributed by atoms with van der Waals surface area (Å²) in [6.07, 6.45) is 6.30. The molecule has 1 fully saturated rings. The first-order valence-electron chi connectivity index (χ1n) is 7.01. The molecule has 1 aliphatic carbocycles. The molecule has 100 valence electrons. The van der Waals surface area contributed by atoms with Gasteiger partial charge in [0.15, 0.2) is 0 Å². The minimum Gasteiger partial charge on any atom is -0.386 e. The van der Waals surface area contributed by atoms with E-state index in [4.69, 9.17) is 5.73 Å². The van der Waals surface area contributed by atoms with Gasteiger partial charge in [-0.3, -0.25) is 0 Å². The highest BCUT2D eigenvalue weighted by atomic mass is 16.3. The molecule has 2 nitrogen and oxygen atoms in total. The molecule has 1 aromatic rings. The minimum atomic E-state index is -0.763. The number of aliphatic hydroxyl groups is 1. The van der Waals surface area contributed by atoms with Crippen LogP contribution in [0.3, 0.4) is 0 Å². The number of rotatable bonds is 3. The molecule has 0 amide bonds. The minimum absolute atomic E-state index is 0.177. The molecule has 2 rings (SSSR count). The van der Waals surface area contributed by atoms with Crippen LogP contribution in [0.4, 0.5) is 0 Å². The van der Waals surface area contributed by atoms with Gasteiger partial charge in [-0.2, -0.15) is 0 Å². The maximum absolute atomic E-state index is 9.99. The lowest BCUT2D eigenvalue weighted by atomic mass is 9.69. The average molecular weight is 247 g/mol. The van der Waals surface area contributed by atoms with Gasteiger partial charge in [0, 0.05) is 12.0 Å². The Bertz CT molecular complexity index is 383. The van der Waals surface area contributed by atoms with Crippen LogP contribution in [0.25, 0.3) is 0 Å². The summed E-state index contributed by atoms with van der Waals surface area (Å²) < 4.78 is 0. The van der Waals surface area contributed by atoms with E-state index in [9.17, 15) is 5.11 Å². The lowest BCUT2D eigenvalue weighted by molar-refractivity contribution is 0.0785. The third-order valence-electron chi connectivity index (χ3n) is 4.41. The van der Waals surface area contributed by atoms with Gasteiger partial charge in [0.1, 0.15) is 0 Å². The summed E-state index contributed by atoms with van der Waals surface area (Å²) in [7, 11) is 0. The third kappa shape index (κ3) is 2.60. The Morgan fingerprint density at radius 2 is 1.67 bits per heavy atom. The third-order valence-corrected chi connectivity index (χ3v) is 4.41. The van der Waals surface area contributed by atoms with Crippen LogP contribution in [0.15, 0.2) is 24.3 Å². The molecule has 0 aromatic heterocycles. The molecular weight excluding hydrogens is 222 g/mol. The fourth-order valence-electron chi connectivity index (χ4n) is 3.07. The second-order valence-electron chi connectivity index (χ2n) is 6.18. The van der Waals surface area contributed by atoms with Crippen molar-refractivity contribution >= 4 is 0 Å². The standard InChI is InChI=1S/C16H25NO/c1-15(2,18)13-6-8-14(9-7-13)16(12-17)10-4-3-5-11-16/h6-9,18H,3-5,10-12,17H2,1-2H3. The lowest BCUT2D eigenvalue weighted by Gasteiger charge is -2.37. The molecule has 0 aliphatic heterocycles. The smallest absolute Gasteiger partial charge is 0.0840 e. The van der Waals surface area contributed by atoms with E-state index in [-0.39, 0.29) is 5.41 Å². The largest absolute Gasteiger partial charge is 0.386 e. The van der Waals surface area contributed by atoms with Gasteiger partial charge in [0.05, 0.1) is 5.60 Å². The molecule has 1 aliphatic rings. The van der Waals surface area contributed by atoms with Crippen LogP contribution >= 0.6 is 0 Å². The molecule has 0 heterocycles. The van der Waals surface area contributed by atoms with E-state index < -0.39 is 5.60 Å². The molecular formula is C16H25NO. The monoisotopic (exact) mass is 247 g/mol. The van der Waals surface area contributed by atoms with E-state index in [0.717, 1.165) is 12.1 Å². The Hall–Kier alpha value is -0.860. The summed E-state index contributed by atoms with van der Waals surface area (Å²) in [6, 6.07) is 8.40. The van der Waals surface area contributed by atoms with E-state index in [0.29, 0.717) is 0 Å². The van der Waals surface area contributed by atoms with Gasteiger partial charge in [-0.1, -0.05) is 43.5 Å². The number of benzene rings is 1. The van der Waals surface area contributed by atoms with Crippen molar-refractivity contribution in [3.05, 3.63) is 35.4 Å². The molecule has 0 radical (unpaired) electrons. The highest BCUT2D eigenvalue weighted by molar-refractivity contribution is 5.32. The topological polar surface area (TPSA) is 46.2 Å². The first-order valence-corrected chi connectivity index (χ1v) is 7.01. The predicted molar refractivity (Wildman–Crippen MR) is 75.5 cm³/mol. The highest BCUT2D eigenvalue weighted by Gasteiger charge is 2.32. The Labute approximate surface area is 110 Å². The van der Waals surface area contributed by atoms with Gasteiger partial charge in [0.25, 0.3) is 0 Å². The van der Waals surface area contributed by atoms with Crippen LogP contribution in [-0.2, 0) is 11.0 Å². The molecule has 0 atom stereocenters. The van der Waals surface area contributed by atoms with Crippen LogP contribution in [0.1, 0.15) is 57.1 Å². The van der Waals surface area contributed by atoms with Gasteiger partial charge in [-0.25, -0.2) is 0 Å². The Kier molecular flexibility index (Phi) is 3.79. The van der Waals surface area contributed by atoms with E-state index in [1.54, 1.807) is 0 Å². The molecule has 2 heteroatoms. The van der Waals surface area contributed by atoms with Gasteiger partial charge in [0.2, 0.25) is 0 Å². The Morgan fingerprint density at radius 1 is 1.11 bits per heavy atom. The number of hydrogen-bond donors (Lipinski definition) is 2. The summed E-state index contributed by atoms with van der Waals surface area (Å²) in [5, 5.41) is 9.99. The average Bonchev–Trinajstić information content (AvgIpc) is 2.39. The molecule has 3 N–H and O–H groups in total. The van der Waals surface area contributed by atoms with E-state index in [1.807, 2.05) is 26.0 Å². The van der Waals surface area contributed by atoms with Crippen molar-refractivity contribution in [2.75, 3.05) is 6.54 Å². The molecule has 0 unspecified atom stereocenters. The normalized spacial score (nSPS) is 19.8. The zero-order valence-corrected chi connectivity index (χ0v) is 11.6. The van der Waals surface area contributed by atoms with Crippen molar-refractivity contribution in [3.63, 3.8) is 0 Å². The van der Waals surface area contributed by atoms with Crippen LogP contribution in [0.5, 0.6) is 0 Å². The van der Waals surface area contributed by atoms with E-state index in [1.165, 1.54) is 37.7 Å². The molecule has 1 aromatic carbocycles. The van der Waals surface area contributed by atoms with Gasteiger partial charge < -0.3 is 10.8 Å². The van der Waals surface area contributed by atoms with Crippen molar-refractivity contribution in [1.82, 2.24) is 0 Å². The zero-order valence-electron chi connectivity index (χ0n) is 11.6. The molecule has 0 spiro atoms. The summed E-state index contributed by atoms with van der Waals surface area (Å²) in [4.78, 5) is 0. The van der Waals surface area contributed by atoms with Crippen molar-refractivity contribution in [3.8, 4) is 0 Å². The fraction of sp³-hybridized carbons (Fsp3) is 0.625. The maximum atomic E-state index is 9.99. The zero-order chi connectivity index (χ0) is 13.2. The first kappa shape index (κ1) is 13.6. The SMILES string of the molecule is CC(C)(O)c1ccc(C2(CN)CCCCC2)cc1. The molecule has 0 saturated heterocycles. The second kappa shape index (κ2) is 5.02.